The van der Waals surface area contributed by atoms with Crippen molar-refractivity contribution in [3.63, 3.8) is 0 Å². The van der Waals surface area contributed by atoms with Crippen molar-refractivity contribution in [3.05, 3.63) is 23.8 Å². The Labute approximate surface area is 173 Å². The zero-order chi connectivity index (χ0) is 20.4. The summed E-state index contributed by atoms with van der Waals surface area (Å²) >= 11 is 0. The average Bonchev–Trinajstić information content (AvgIpc) is 3.19. The van der Waals surface area contributed by atoms with E-state index in [2.05, 4.69) is 41.2 Å². The lowest BCUT2D eigenvalue weighted by atomic mass is 9.75. The normalized spacial score (nSPS) is 27.6. The summed E-state index contributed by atoms with van der Waals surface area (Å²) in [5.41, 5.74) is 0.630. The molecule has 160 valence electrons. The lowest BCUT2D eigenvalue weighted by molar-refractivity contribution is -0.00916. The molecule has 0 aromatic heterocycles. The number of nitrogens with one attached hydrogen (secondary N) is 1. The van der Waals surface area contributed by atoms with Crippen LogP contribution in [-0.4, -0.2) is 93.9 Å². The molecule has 0 spiro atoms. The Morgan fingerprint density at radius 2 is 2.03 bits per heavy atom. The van der Waals surface area contributed by atoms with Crippen molar-refractivity contribution >= 4 is 5.91 Å². The van der Waals surface area contributed by atoms with Crippen molar-refractivity contribution in [2.75, 3.05) is 67.2 Å². The second kappa shape index (κ2) is 8.90. The third-order valence-corrected chi connectivity index (χ3v) is 6.62. The van der Waals surface area contributed by atoms with Crippen LogP contribution < -0.4 is 14.8 Å². The van der Waals surface area contributed by atoms with Gasteiger partial charge >= 0.3 is 0 Å². The van der Waals surface area contributed by atoms with Crippen molar-refractivity contribution in [1.82, 2.24) is 20.0 Å². The van der Waals surface area contributed by atoms with Gasteiger partial charge < -0.3 is 24.6 Å². The Balaban J connectivity index is 1.26. The first-order valence-corrected chi connectivity index (χ1v) is 10.7. The number of piperidine rings is 3. The molecule has 3 saturated heterocycles. The molecule has 0 aliphatic carbocycles. The van der Waals surface area contributed by atoms with Crippen LogP contribution in [0.4, 0.5) is 0 Å². The maximum absolute atomic E-state index is 12.6. The molecule has 5 rings (SSSR count). The van der Waals surface area contributed by atoms with Crippen LogP contribution in [0.1, 0.15) is 23.2 Å². The van der Waals surface area contributed by atoms with Crippen LogP contribution in [0, 0.1) is 11.8 Å². The highest BCUT2D eigenvalue weighted by molar-refractivity contribution is 5.94. The molecule has 3 fully saturated rings. The number of carbonyl (C=O) groups excluding carboxylic acids is 1. The van der Waals surface area contributed by atoms with Gasteiger partial charge in [0.2, 0.25) is 6.79 Å². The van der Waals surface area contributed by atoms with Gasteiger partial charge in [0.05, 0.1) is 0 Å². The molecule has 4 aliphatic rings. The van der Waals surface area contributed by atoms with Crippen LogP contribution in [0.15, 0.2) is 18.2 Å². The second-order valence-electron chi connectivity index (χ2n) is 9.04. The maximum Gasteiger partial charge on any atom is 0.251 e. The molecule has 4 heterocycles. The smallest absolute Gasteiger partial charge is 0.251 e. The fraction of sp³-hybridized carbons (Fsp3) is 0.682. The molecule has 1 N–H and O–H groups in total. The van der Waals surface area contributed by atoms with Crippen LogP contribution in [-0.2, 0) is 0 Å². The van der Waals surface area contributed by atoms with Crippen LogP contribution in [0.25, 0.3) is 0 Å². The Morgan fingerprint density at radius 1 is 1.21 bits per heavy atom. The SMILES string of the molecule is CN(C)CCN(C)CC1CN2CCC1CC2CNC(=O)c1ccc2c(c1)OCO2. The van der Waals surface area contributed by atoms with Gasteiger partial charge in [0.1, 0.15) is 0 Å². The van der Waals surface area contributed by atoms with E-state index in [-0.39, 0.29) is 12.7 Å². The summed E-state index contributed by atoms with van der Waals surface area (Å²) < 4.78 is 10.7. The van der Waals surface area contributed by atoms with Crippen LogP contribution in [0.5, 0.6) is 11.5 Å². The Morgan fingerprint density at radius 3 is 2.79 bits per heavy atom. The van der Waals surface area contributed by atoms with Crippen molar-refractivity contribution in [2.24, 2.45) is 11.8 Å². The number of hydrogen-bond acceptors (Lipinski definition) is 6. The molecule has 4 aliphatic heterocycles. The van der Waals surface area contributed by atoms with Crippen LogP contribution >= 0.6 is 0 Å². The van der Waals surface area contributed by atoms with Gasteiger partial charge in [0.15, 0.2) is 11.5 Å². The first-order valence-electron chi connectivity index (χ1n) is 10.7. The number of amides is 1. The van der Waals surface area contributed by atoms with Gasteiger partial charge in [-0.15, -0.1) is 0 Å². The van der Waals surface area contributed by atoms with E-state index in [9.17, 15) is 4.79 Å². The van der Waals surface area contributed by atoms with Gasteiger partial charge in [-0.1, -0.05) is 0 Å². The van der Waals surface area contributed by atoms with Crippen molar-refractivity contribution < 1.29 is 14.3 Å². The minimum Gasteiger partial charge on any atom is -0.454 e. The zero-order valence-electron chi connectivity index (χ0n) is 17.9. The summed E-state index contributed by atoms with van der Waals surface area (Å²) in [6, 6.07) is 5.83. The number of nitrogens with zero attached hydrogens (tertiary/aromatic N) is 3. The number of carbonyl (C=O) groups is 1. The summed E-state index contributed by atoms with van der Waals surface area (Å²) in [5, 5.41) is 3.14. The molecule has 2 bridgehead atoms. The van der Waals surface area contributed by atoms with Crippen LogP contribution in [0.2, 0.25) is 0 Å². The molecule has 4 atom stereocenters. The number of benzene rings is 1. The van der Waals surface area contributed by atoms with Gasteiger partial charge in [0, 0.05) is 44.3 Å². The summed E-state index contributed by atoms with van der Waals surface area (Å²) in [4.78, 5) is 19.9. The molecule has 1 aromatic carbocycles. The highest BCUT2D eigenvalue weighted by atomic mass is 16.7. The predicted molar refractivity (Wildman–Crippen MR) is 113 cm³/mol. The number of ether oxygens (including phenoxy) is 2. The minimum atomic E-state index is -0.0362. The van der Waals surface area contributed by atoms with Gasteiger partial charge in [-0.05, 0) is 70.6 Å². The van der Waals surface area contributed by atoms with E-state index in [0.29, 0.717) is 29.6 Å². The first kappa shape index (κ1) is 20.4. The first-order chi connectivity index (χ1) is 14.0. The number of hydrogen-bond donors (Lipinski definition) is 1. The Hall–Kier alpha value is -1.83. The molecule has 7 nitrogen and oxygen atoms in total. The lowest BCUT2D eigenvalue weighted by Crippen LogP contribution is -2.58. The summed E-state index contributed by atoms with van der Waals surface area (Å²) in [5.74, 6) is 2.84. The topological polar surface area (TPSA) is 57.3 Å². The van der Waals surface area contributed by atoms with E-state index in [4.69, 9.17) is 9.47 Å². The fourth-order valence-electron chi connectivity index (χ4n) is 4.88. The van der Waals surface area contributed by atoms with E-state index in [1.54, 1.807) is 18.2 Å². The molecule has 1 aromatic rings. The lowest BCUT2D eigenvalue weighted by Gasteiger charge is -2.50. The highest BCUT2D eigenvalue weighted by Crippen LogP contribution is 2.36. The quantitative estimate of drug-likeness (QED) is 0.708. The molecule has 1 amide bonds. The maximum atomic E-state index is 12.6. The third kappa shape index (κ3) is 4.85. The standard InChI is InChI=1S/C22H34N4O3/c1-24(2)8-9-25(3)13-18-14-26-7-6-16(18)10-19(26)12-23-22(27)17-4-5-20-21(11-17)29-15-28-20/h4-5,11,16,18-19H,6-10,12-15H2,1-3H3,(H,23,27). The third-order valence-electron chi connectivity index (χ3n) is 6.62. The summed E-state index contributed by atoms with van der Waals surface area (Å²) in [7, 11) is 6.50. The molecule has 4 unspecified atom stereocenters. The van der Waals surface area contributed by atoms with Gasteiger partial charge in [-0.2, -0.15) is 0 Å². The predicted octanol–water partition coefficient (Wildman–Crippen LogP) is 1.35. The van der Waals surface area contributed by atoms with E-state index in [1.807, 2.05) is 0 Å². The Bertz CT molecular complexity index is 726. The van der Waals surface area contributed by atoms with Gasteiger partial charge in [-0.25, -0.2) is 0 Å². The highest BCUT2D eigenvalue weighted by Gasteiger charge is 2.40. The van der Waals surface area contributed by atoms with E-state index in [1.165, 1.54) is 19.4 Å². The van der Waals surface area contributed by atoms with Gasteiger partial charge in [0.25, 0.3) is 5.91 Å². The molecular formula is C22H34N4O3. The molecule has 0 saturated carbocycles. The molecule has 7 heteroatoms. The summed E-state index contributed by atoms with van der Waals surface area (Å²) in [6.45, 7) is 6.65. The second-order valence-corrected chi connectivity index (χ2v) is 9.04. The molecular weight excluding hydrogens is 368 g/mol. The summed E-state index contributed by atoms with van der Waals surface area (Å²) in [6.07, 6.45) is 2.48. The average molecular weight is 403 g/mol. The van der Waals surface area contributed by atoms with Crippen molar-refractivity contribution in [1.29, 1.82) is 0 Å². The number of fused-ring (bicyclic) bond motifs is 4. The Kier molecular flexibility index (Phi) is 6.27. The number of rotatable bonds is 8. The van der Waals surface area contributed by atoms with Crippen molar-refractivity contribution in [2.45, 2.75) is 18.9 Å². The fourth-order valence-corrected chi connectivity index (χ4v) is 4.88. The van der Waals surface area contributed by atoms with E-state index in [0.717, 1.165) is 38.0 Å². The zero-order valence-corrected chi connectivity index (χ0v) is 17.9. The van der Waals surface area contributed by atoms with E-state index >= 15 is 0 Å². The van der Waals surface area contributed by atoms with E-state index < -0.39 is 0 Å². The van der Waals surface area contributed by atoms with Crippen LogP contribution in [0.3, 0.4) is 0 Å². The van der Waals surface area contributed by atoms with Crippen molar-refractivity contribution in [3.8, 4) is 11.5 Å². The van der Waals surface area contributed by atoms with Gasteiger partial charge in [-0.3, -0.25) is 9.69 Å². The number of likely N-dealkylation sites (N-methyl/N-ethyl adjacent to an activating group) is 2. The molecule has 0 radical (unpaired) electrons. The minimum absolute atomic E-state index is 0.0362. The largest absolute Gasteiger partial charge is 0.454 e. The monoisotopic (exact) mass is 402 g/mol. The molecule has 29 heavy (non-hydrogen) atoms.